The van der Waals surface area contributed by atoms with Crippen molar-refractivity contribution in [1.82, 2.24) is 4.98 Å². The molecule has 0 bridgehead atoms. The normalized spacial score (nSPS) is 15.1. The number of pyridine rings is 1. The maximum atomic E-state index is 13.1. The number of hydrogen-bond acceptors (Lipinski definition) is 7. The number of rotatable bonds is 7. The third-order valence-electron chi connectivity index (χ3n) is 3.98. The Morgan fingerprint density at radius 3 is 2.46 bits per heavy atom. The minimum atomic E-state index is -4.50. The number of hydrogen-bond donors (Lipinski definition) is 2. The Bertz CT molecular complexity index is 856. The Morgan fingerprint density at radius 1 is 1.31 bits per heavy atom. The first kappa shape index (κ1) is 20.0. The van der Waals surface area contributed by atoms with Crippen LogP contribution in [0.1, 0.15) is 18.9 Å². The SMILES string of the molecule is CCC(N)C(=O)[N@+](O)(Cc1cccnc1)S(=O)(=O)c1ccc(OC)cc1. The maximum absolute atomic E-state index is 13.1. The lowest BCUT2D eigenvalue weighted by Crippen LogP contribution is -2.59. The molecular formula is C17H22N3O5S+. The maximum Gasteiger partial charge on any atom is 0.378 e. The Labute approximate surface area is 152 Å². The lowest BCUT2D eigenvalue weighted by molar-refractivity contribution is -0.947. The van der Waals surface area contributed by atoms with Gasteiger partial charge in [-0.25, -0.2) is 4.79 Å². The van der Waals surface area contributed by atoms with Crippen LogP contribution in [0.15, 0.2) is 53.7 Å². The van der Waals surface area contributed by atoms with Crippen molar-refractivity contribution in [3.63, 3.8) is 0 Å². The van der Waals surface area contributed by atoms with Gasteiger partial charge in [-0.1, -0.05) is 13.0 Å². The van der Waals surface area contributed by atoms with Crippen molar-refractivity contribution in [2.75, 3.05) is 7.11 Å². The van der Waals surface area contributed by atoms with Crippen LogP contribution in [0.3, 0.4) is 0 Å². The van der Waals surface area contributed by atoms with Crippen LogP contribution >= 0.6 is 0 Å². The van der Waals surface area contributed by atoms with Gasteiger partial charge >= 0.3 is 15.9 Å². The molecule has 0 aliphatic heterocycles. The minimum Gasteiger partial charge on any atom is -0.497 e. The van der Waals surface area contributed by atoms with Crippen molar-refractivity contribution >= 4 is 15.9 Å². The molecule has 0 spiro atoms. The van der Waals surface area contributed by atoms with E-state index in [1.54, 1.807) is 19.1 Å². The third kappa shape index (κ3) is 3.75. The molecule has 2 rings (SSSR count). The fourth-order valence-corrected chi connectivity index (χ4v) is 3.90. The van der Waals surface area contributed by atoms with Crippen molar-refractivity contribution in [3.05, 3.63) is 54.4 Å². The molecule has 9 heteroatoms. The molecule has 2 atom stereocenters. The van der Waals surface area contributed by atoms with E-state index in [2.05, 4.69) is 4.98 Å². The number of nitrogens with zero attached hydrogens (tertiary/aromatic N) is 2. The molecule has 140 valence electrons. The van der Waals surface area contributed by atoms with Crippen LogP contribution in [0.2, 0.25) is 0 Å². The summed E-state index contributed by atoms with van der Waals surface area (Å²) in [6, 6.07) is 7.44. The first-order valence-electron chi connectivity index (χ1n) is 7.95. The average molecular weight is 380 g/mol. The summed E-state index contributed by atoms with van der Waals surface area (Å²) in [6.45, 7) is 1.13. The molecule has 0 aliphatic carbocycles. The molecule has 1 aromatic carbocycles. The molecule has 0 aliphatic rings. The molecule has 8 nitrogen and oxygen atoms in total. The summed E-state index contributed by atoms with van der Waals surface area (Å²) in [6.07, 6.45) is 3.08. The predicted octanol–water partition coefficient (Wildman–Crippen LogP) is 1.45. The number of methoxy groups -OCH3 is 1. The summed E-state index contributed by atoms with van der Waals surface area (Å²) in [5, 5.41) is 11.0. The van der Waals surface area contributed by atoms with E-state index >= 15 is 0 Å². The second kappa shape index (κ2) is 7.92. The fourth-order valence-electron chi connectivity index (χ4n) is 2.38. The molecule has 0 radical (unpaired) electrons. The molecule has 3 N–H and O–H groups in total. The highest BCUT2D eigenvalue weighted by Crippen LogP contribution is 2.28. The predicted molar refractivity (Wildman–Crippen MR) is 93.4 cm³/mol. The van der Waals surface area contributed by atoms with Gasteiger partial charge in [0.05, 0.1) is 7.11 Å². The van der Waals surface area contributed by atoms with Gasteiger partial charge in [0.15, 0.2) is 6.54 Å². The Morgan fingerprint density at radius 2 is 1.96 bits per heavy atom. The number of ether oxygens (including phenoxy) is 1. The Hall–Kier alpha value is -2.33. The second-order valence-electron chi connectivity index (χ2n) is 5.72. The van der Waals surface area contributed by atoms with Gasteiger partial charge in [-0.05, 0) is 40.8 Å². The molecule has 26 heavy (non-hydrogen) atoms. The third-order valence-corrected chi connectivity index (χ3v) is 5.95. The quantitative estimate of drug-likeness (QED) is 0.424. The van der Waals surface area contributed by atoms with E-state index in [0.717, 1.165) is 0 Å². The van der Waals surface area contributed by atoms with Crippen LogP contribution in [0, 0.1) is 0 Å². The average Bonchev–Trinajstić information content (AvgIpc) is 2.67. The number of quaternary nitrogens is 1. The van der Waals surface area contributed by atoms with Gasteiger partial charge in [-0.15, -0.1) is 0 Å². The number of nitrogens with two attached hydrogens (primary N) is 1. The van der Waals surface area contributed by atoms with Crippen LogP contribution < -0.4 is 10.5 Å². The standard InChI is InChI=1S/C17H22N3O5S/c1-3-16(18)17(21)20(22,12-13-5-4-10-19-11-13)26(23,24)15-8-6-14(25-2)7-9-15/h4-11,16,22H,3,12,18H2,1-2H3/q+1/t16?,20-/m0/s1. The zero-order valence-electron chi connectivity index (χ0n) is 14.6. The molecular weight excluding hydrogens is 358 g/mol. The fraction of sp³-hybridized carbons (Fsp3) is 0.294. The number of benzene rings is 1. The highest BCUT2D eigenvalue weighted by atomic mass is 32.2. The number of aromatic nitrogens is 1. The van der Waals surface area contributed by atoms with E-state index in [4.69, 9.17) is 10.5 Å². The van der Waals surface area contributed by atoms with Gasteiger partial charge in [-0.3, -0.25) is 4.98 Å². The molecule has 1 unspecified atom stereocenters. The van der Waals surface area contributed by atoms with Gasteiger partial charge in [0.1, 0.15) is 16.7 Å². The monoisotopic (exact) mass is 380 g/mol. The van der Waals surface area contributed by atoms with E-state index < -0.39 is 32.6 Å². The molecule has 0 saturated carbocycles. The highest BCUT2D eigenvalue weighted by Gasteiger charge is 2.52. The van der Waals surface area contributed by atoms with Crippen molar-refractivity contribution < 1.29 is 27.2 Å². The van der Waals surface area contributed by atoms with Crippen LogP contribution in [0.5, 0.6) is 5.75 Å². The lowest BCUT2D eigenvalue weighted by atomic mass is 10.2. The number of sulfonamides is 1. The molecule has 1 aromatic heterocycles. The van der Waals surface area contributed by atoms with E-state index in [-0.39, 0.29) is 11.3 Å². The minimum absolute atomic E-state index is 0.185. The smallest absolute Gasteiger partial charge is 0.378 e. The zero-order chi connectivity index (χ0) is 19.4. The van der Waals surface area contributed by atoms with Gasteiger partial charge in [0.2, 0.25) is 0 Å². The summed E-state index contributed by atoms with van der Waals surface area (Å²) < 4.78 is 29.4. The van der Waals surface area contributed by atoms with E-state index in [1.165, 1.54) is 43.8 Å². The highest BCUT2D eigenvalue weighted by molar-refractivity contribution is 7.86. The Kier molecular flexibility index (Phi) is 6.09. The molecule has 1 heterocycles. The summed E-state index contributed by atoms with van der Waals surface area (Å²) in [5.74, 6) is -0.559. The number of amides is 1. The summed E-state index contributed by atoms with van der Waals surface area (Å²) in [4.78, 5) is 16.4. The summed E-state index contributed by atoms with van der Waals surface area (Å²) >= 11 is 0. The zero-order valence-corrected chi connectivity index (χ0v) is 15.4. The van der Waals surface area contributed by atoms with Crippen molar-refractivity contribution in [2.45, 2.75) is 30.8 Å². The molecule has 2 aromatic rings. The first-order chi connectivity index (χ1) is 12.3. The van der Waals surface area contributed by atoms with Crippen LogP contribution in [0.4, 0.5) is 0 Å². The first-order valence-corrected chi connectivity index (χ1v) is 9.39. The van der Waals surface area contributed by atoms with Crippen molar-refractivity contribution in [1.29, 1.82) is 0 Å². The lowest BCUT2D eigenvalue weighted by Gasteiger charge is -2.28. The van der Waals surface area contributed by atoms with Gasteiger partial charge in [0, 0.05) is 18.0 Å². The van der Waals surface area contributed by atoms with Gasteiger partial charge in [0.25, 0.3) is 0 Å². The summed E-state index contributed by atoms with van der Waals surface area (Å²) in [7, 11) is -3.05. The van der Waals surface area contributed by atoms with Crippen LogP contribution in [0.25, 0.3) is 0 Å². The molecule has 0 fully saturated rings. The number of carbonyl (C=O) groups is 1. The summed E-state index contributed by atoms with van der Waals surface area (Å²) in [5.41, 5.74) is 6.13. The van der Waals surface area contributed by atoms with Gasteiger partial charge in [-0.2, -0.15) is 13.6 Å². The van der Waals surface area contributed by atoms with Gasteiger partial charge < -0.3 is 10.5 Å². The van der Waals surface area contributed by atoms with Crippen molar-refractivity contribution in [3.8, 4) is 5.75 Å². The van der Waals surface area contributed by atoms with E-state index in [1.807, 2.05) is 0 Å². The van der Waals surface area contributed by atoms with E-state index in [9.17, 15) is 18.4 Å². The largest absolute Gasteiger partial charge is 0.497 e. The van der Waals surface area contributed by atoms with Crippen molar-refractivity contribution in [2.24, 2.45) is 5.73 Å². The number of hydroxylamine groups is 2. The molecule has 1 amide bonds. The topological polar surface area (TPSA) is 120 Å². The van der Waals surface area contributed by atoms with Crippen LogP contribution in [-0.4, -0.2) is 41.7 Å². The van der Waals surface area contributed by atoms with E-state index in [0.29, 0.717) is 11.3 Å². The van der Waals surface area contributed by atoms with Crippen LogP contribution in [-0.2, 0) is 21.4 Å². The molecule has 0 saturated heterocycles. The second-order valence-corrected chi connectivity index (χ2v) is 7.75. The number of carbonyl (C=O) groups excluding carboxylic acids is 1. The Balaban J connectivity index is 2.55.